The number of hydrogen-bond donors (Lipinski definition) is 1. The van der Waals surface area contributed by atoms with E-state index in [4.69, 9.17) is 9.84 Å². The highest BCUT2D eigenvalue weighted by Crippen LogP contribution is 2.37. The van der Waals surface area contributed by atoms with Crippen molar-refractivity contribution in [3.8, 4) is 17.3 Å². The van der Waals surface area contributed by atoms with E-state index in [1.54, 1.807) is 22.9 Å². The van der Waals surface area contributed by atoms with Crippen molar-refractivity contribution in [2.75, 3.05) is 13.1 Å². The summed E-state index contributed by atoms with van der Waals surface area (Å²) in [7, 11) is 0. The smallest absolute Gasteiger partial charge is 0.227 e. The molecule has 1 aliphatic carbocycles. The minimum absolute atomic E-state index is 0.145. The summed E-state index contributed by atoms with van der Waals surface area (Å²) in [5.41, 5.74) is 2.71. The third kappa shape index (κ3) is 6.59. The van der Waals surface area contributed by atoms with Crippen LogP contribution in [0.5, 0.6) is 11.6 Å². The third-order valence-electron chi connectivity index (χ3n) is 6.33. The van der Waals surface area contributed by atoms with E-state index in [9.17, 15) is 9.50 Å². The monoisotopic (exact) mass is 477 g/mol. The molecule has 0 amide bonds. The highest BCUT2D eigenvalue weighted by atomic mass is 19.1. The van der Waals surface area contributed by atoms with E-state index >= 15 is 0 Å². The molecule has 1 heterocycles. The van der Waals surface area contributed by atoms with Crippen LogP contribution in [0.1, 0.15) is 56.7 Å². The molecule has 1 fully saturated rings. The number of halogens is 1. The maximum Gasteiger partial charge on any atom is 0.227 e. The number of allylic oxidation sites excluding steroid dienone is 1. The van der Waals surface area contributed by atoms with Gasteiger partial charge in [-0.05, 0) is 61.8 Å². The Morgan fingerprint density at radius 3 is 2.54 bits per heavy atom. The van der Waals surface area contributed by atoms with Crippen molar-refractivity contribution in [2.24, 2.45) is 5.92 Å². The summed E-state index contributed by atoms with van der Waals surface area (Å²) >= 11 is 0. The van der Waals surface area contributed by atoms with Crippen LogP contribution in [0, 0.1) is 11.7 Å². The van der Waals surface area contributed by atoms with Crippen molar-refractivity contribution in [3.05, 3.63) is 84.3 Å². The maximum atomic E-state index is 14.6. The number of para-hydroxylation sites is 2. The molecular formula is C29H36FN3O2. The first-order valence-electron chi connectivity index (χ1n) is 12.6. The predicted octanol–water partition coefficient (Wildman–Crippen LogP) is 6.47. The number of rotatable bonds is 13. The summed E-state index contributed by atoms with van der Waals surface area (Å²) in [4.78, 5) is 2.30. The Labute approximate surface area is 207 Å². The molecule has 1 aromatic heterocycles. The molecule has 6 heteroatoms. The Kier molecular flexibility index (Phi) is 8.37. The molecule has 4 rings (SSSR count). The first-order valence-corrected chi connectivity index (χ1v) is 12.6. The fraction of sp³-hybridized carbons (Fsp3) is 0.414. The second-order valence-electron chi connectivity index (χ2n) is 9.76. The van der Waals surface area contributed by atoms with Gasteiger partial charge in [-0.15, -0.1) is 6.58 Å². The molecule has 186 valence electrons. The summed E-state index contributed by atoms with van der Waals surface area (Å²) in [6, 6.07) is 16.2. The van der Waals surface area contributed by atoms with E-state index in [-0.39, 0.29) is 11.7 Å². The predicted molar refractivity (Wildman–Crippen MR) is 138 cm³/mol. The lowest BCUT2D eigenvalue weighted by atomic mass is 10.0. The van der Waals surface area contributed by atoms with Crippen LogP contribution in [0.15, 0.2) is 67.3 Å². The van der Waals surface area contributed by atoms with Gasteiger partial charge in [0.2, 0.25) is 5.88 Å². The quantitative estimate of drug-likeness (QED) is 0.287. The van der Waals surface area contributed by atoms with Gasteiger partial charge < -0.3 is 9.84 Å². The summed E-state index contributed by atoms with van der Waals surface area (Å²) < 4.78 is 22.7. The Morgan fingerprint density at radius 1 is 1.17 bits per heavy atom. The van der Waals surface area contributed by atoms with Crippen molar-refractivity contribution in [3.63, 3.8) is 0 Å². The second kappa shape index (κ2) is 11.6. The molecule has 1 saturated carbocycles. The van der Waals surface area contributed by atoms with Crippen LogP contribution in [0.25, 0.3) is 5.69 Å². The number of benzene rings is 2. The number of aromatic nitrogens is 2. The molecule has 0 aliphatic heterocycles. The zero-order valence-electron chi connectivity index (χ0n) is 20.7. The highest BCUT2D eigenvalue weighted by molar-refractivity contribution is 5.44. The number of ether oxygens (including phenoxy) is 1. The van der Waals surface area contributed by atoms with Crippen LogP contribution in [-0.4, -0.2) is 39.0 Å². The minimum atomic E-state index is -0.436. The topological polar surface area (TPSA) is 50.5 Å². The molecule has 1 aliphatic rings. The maximum absolute atomic E-state index is 14.6. The van der Waals surface area contributed by atoms with Gasteiger partial charge in [-0.25, -0.2) is 9.07 Å². The molecular weight excluding hydrogens is 441 g/mol. The highest BCUT2D eigenvalue weighted by Gasteiger charge is 2.29. The normalized spacial score (nSPS) is 14.5. The number of aliphatic hydroxyl groups is 1. The zero-order valence-corrected chi connectivity index (χ0v) is 20.7. The molecule has 0 spiro atoms. The average Bonchev–Trinajstić information content (AvgIpc) is 3.59. The lowest BCUT2D eigenvalue weighted by Crippen LogP contribution is -2.34. The van der Waals surface area contributed by atoms with Gasteiger partial charge in [0.15, 0.2) is 11.6 Å². The Balaban J connectivity index is 1.74. The Hall–Kier alpha value is -2.96. The zero-order chi connectivity index (χ0) is 24.8. The Bertz CT molecular complexity index is 1110. The fourth-order valence-corrected chi connectivity index (χ4v) is 4.34. The molecule has 0 bridgehead atoms. The van der Waals surface area contributed by atoms with Crippen molar-refractivity contribution in [1.29, 1.82) is 0 Å². The van der Waals surface area contributed by atoms with E-state index in [0.29, 0.717) is 31.3 Å². The number of aliphatic hydroxyl groups excluding tert-OH is 1. The van der Waals surface area contributed by atoms with Crippen LogP contribution >= 0.6 is 0 Å². The molecule has 3 aromatic rings. The van der Waals surface area contributed by atoms with Crippen LogP contribution < -0.4 is 4.74 Å². The first-order chi connectivity index (χ1) is 17.0. The van der Waals surface area contributed by atoms with Crippen LogP contribution in [-0.2, 0) is 6.54 Å². The minimum Gasteiger partial charge on any atom is -0.435 e. The molecule has 5 nitrogen and oxygen atoms in total. The van der Waals surface area contributed by atoms with Crippen molar-refractivity contribution in [2.45, 2.75) is 58.1 Å². The molecule has 0 radical (unpaired) electrons. The molecule has 0 unspecified atom stereocenters. The van der Waals surface area contributed by atoms with Crippen molar-refractivity contribution < 1.29 is 14.2 Å². The third-order valence-corrected chi connectivity index (χ3v) is 6.33. The van der Waals surface area contributed by atoms with E-state index in [1.807, 2.05) is 36.4 Å². The number of nitrogens with zero attached hydrogens (tertiary/aromatic N) is 3. The van der Waals surface area contributed by atoms with Gasteiger partial charge in [-0.3, -0.25) is 4.90 Å². The van der Waals surface area contributed by atoms with Gasteiger partial charge in [-0.2, -0.15) is 5.10 Å². The van der Waals surface area contributed by atoms with Crippen molar-refractivity contribution >= 4 is 0 Å². The van der Waals surface area contributed by atoms with E-state index < -0.39 is 11.9 Å². The lowest BCUT2D eigenvalue weighted by Gasteiger charge is -2.26. The molecule has 35 heavy (non-hydrogen) atoms. The van der Waals surface area contributed by atoms with Crippen LogP contribution in [0.4, 0.5) is 4.39 Å². The van der Waals surface area contributed by atoms with Crippen molar-refractivity contribution in [1.82, 2.24) is 14.7 Å². The standard InChI is InChI=1S/C29H36FN3O2/c1-4-5-13-24(34)19-32(18-22-16-17-22)20-25-28(21(2)3)31-33(23-11-7-6-8-12-23)29(25)35-27-15-10-9-14-26(27)30/h4,6-12,14-15,21-22,24,34H,1,5,13,16-20H2,2-3H3/t24-/m1/s1. The Morgan fingerprint density at radius 2 is 1.89 bits per heavy atom. The summed E-state index contributed by atoms with van der Waals surface area (Å²) in [5.74, 6) is 1.07. The fourth-order valence-electron chi connectivity index (χ4n) is 4.34. The van der Waals surface area contributed by atoms with Gasteiger partial charge in [-0.1, -0.05) is 50.3 Å². The molecule has 2 aromatic carbocycles. The van der Waals surface area contributed by atoms with E-state index in [1.165, 1.54) is 18.9 Å². The first kappa shape index (κ1) is 25.1. The largest absolute Gasteiger partial charge is 0.435 e. The van der Waals surface area contributed by atoms with Crippen LogP contribution in [0.2, 0.25) is 0 Å². The van der Waals surface area contributed by atoms with Gasteiger partial charge in [0.05, 0.1) is 23.0 Å². The van der Waals surface area contributed by atoms with Gasteiger partial charge >= 0.3 is 0 Å². The summed E-state index contributed by atoms with van der Waals surface area (Å²) in [6.45, 7) is 10.1. The average molecular weight is 478 g/mol. The van der Waals surface area contributed by atoms with Gasteiger partial charge in [0.1, 0.15) is 0 Å². The van der Waals surface area contributed by atoms with Crippen LogP contribution in [0.3, 0.4) is 0 Å². The lowest BCUT2D eigenvalue weighted by molar-refractivity contribution is 0.0990. The molecule has 1 atom stereocenters. The molecule has 0 saturated heterocycles. The molecule has 1 N–H and O–H groups in total. The van der Waals surface area contributed by atoms with Gasteiger partial charge in [0.25, 0.3) is 0 Å². The number of hydrogen-bond acceptors (Lipinski definition) is 4. The van der Waals surface area contributed by atoms with E-state index in [0.717, 1.165) is 29.9 Å². The van der Waals surface area contributed by atoms with Gasteiger partial charge in [0, 0.05) is 19.6 Å². The second-order valence-corrected chi connectivity index (χ2v) is 9.76. The summed E-state index contributed by atoms with van der Waals surface area (Å²) in [5, 5.41) is 15.6. The SMILES string of the molecule is C=CCC[C@@H](O)CN(Cc1c(C(C)C)nn(-c2ccccc2)c1Oc1ccccc1F)CC1CC1. The summed E-state index contributed by atoms with van der Waals surface area (Å²) in [6.07, 6.45) is 5.31. The van der Waals surface area contributed by atoms with E-state index in [2.05, 4.69) is 25.3 Å².